The van der Waals surface area contributed by atoms with Crippen molar-refractivity contribution in [3.05, 3.63) is 54.2 Å². The lowest BCUT2D eigenvalue weighted by Crippen LogP contribution is -2.40. The number of pyridine rings is 1. The van der Waals surface area contributed by atoms with Crippen LogP contribution in [0.3, 0.4) is 0 Å². The van der Waals surface area contributed by atoms with Gasteiger partial charge in [-0.25, -0.2) is 13.4 Å². The molecule has 0 saturated carbocycles. The van der Waals surface area contributed by atoms with E-state index in [1.54, 1.807) is 37.4 Å². The van der Waals surface area contributed by atoms with Crippen LogP contribution in [-0.2, 0) is 14.8 Å². The van der Waals surface area contributed by atoms with E-state index in [0.29, 0.717) is 56.3 Å². The normalized spacial score (nSPS) is 14.6. The van der Waals surface area contributed by atoms with E-state index in [1.807, 2.05) is 26.0 Å². The van der Waals surface area contributed by atoms with Crippen molar-refractivity contribution in [1.82, 2.24) is 9.29 Å². The SMILES string of the molecule is CCN(CC)c1ccc(S(=O)(=O)N2CCOCC2)cc1NC(=O)c1ccc2cc(OC)ccc2n1. The lowest BCUT2D eigenvalue weighted by atomic mass is 10.2. The summed E-state index contributed by atoms with van der Waals surface area (Å²) in [6.07, 6.45) is 0. The van der Waals surface area contributed by atoms with E-state index in [4.69, 9.17) is 9.47 Å². The van der Waals surface area contributed by atoms with Crippen molar-refractivity contribution in [3.63, 3.8) is 0 Å². The molecule has 0 atom stereocenters. The Kier molecular flexibility index (Phi) is 7.54. The van der Waals surface area contributed by atoms with Gasteiger partial charge in [-0.3, -0.25) is 4.79 Å². The molecule has 9 nitrogen and oxygen atoms in total. The molecule has 35 heavy (non-hydrogen) atoms. The summed E-state index contributed by atoms with van der Waals surface area (Å²) in [7, 11) is -2.13. The molecular weight excluding hydrogens is 468 g/mol. The maximum absolute atomic E-state index is 13.2. The Morgan fingerprint density at radius 3 is 2.51 bits per heavy atom. The number of sulfonamides is 1. The van der Waals surface area contributed by atoms with Gasteiger partial charge in [-0.1, -0.05) is 6.07 Å². The zero-order valence-corrected chi connectivity index (χ0v) is 21.0. The molecule has 1 aromatic heterocycles. The van der Waals surface area contributed by atoms with E-state index in [1.165, 1.54) is 10.4 Å². The number of anilines is 2. The minimum Gasteiger partial charge on any atom is -0.497 e. The van der Waals surface area contributed by atoms with E-state index in [-0.39, 0.29) is 10.6 Å². The Balaban J connectivity index is 1.69. The van der Waals surface area contributed by atoms with E-state index < -0.39 is 15.9 Å². The molecule has 2 heterocycles. The van der Waals surface area contributed by atoms with Gasteiger partial charge in [0, 0.05) is 31.6 Å². The number of aromatic nitrogens is 1. The number of ether oxygens (including phenoxy) is 2. The quantitative estimate of drug-likeness (QED) is 0.508. The van der Waals surface area contributed by atoms with Gasteiger partial charge in [0.2, 0.25) is 10.0 Å². The average Bonchev–Trinajstić information content (AvgIpc) is 2.89. The summed E-state index contributed by atoms with van der Waals surface area (Å²) in [5.74, 6) is 0.288. The molecule has 1 amide bonds. The zero-order valence-electron chi connectivity index (χ0n) is 20.2. The first kappa shape index (κ1) is 24.9. The topological polar surface area (TPSA) is 101 Å². The Hall–Kier alpha value is -3.21. The number of benzene rings is 2. The first-order valence-corrected chi connectivity index (χ1v) is 13.0. The summed E-state index contributed by atoms with van der Waals surface area (Å²) in [6.45, 7) is 6.73. The fraction of sp³-hybridized carbons (Fsp3) is 0.360. The lowest BCUT2D eigenvalue weighted by Gasteiger charge is -2.28. The van der Waals surface area contributed by atoms with Crippen LogP contribution in [0.25, 0.3) is 10.9 Å². The van der Waals surface area contributed by atoms with Crippen LogP contribution >= 0.6 is 0 Å². The number of carbonyl (C=O) groups is 1. The predicted octanol–water partition coefficient (Wildman–Crippen LogP) is 3.36. The minimum absolute atomic E-state index is 0.129. The van der Waals surface area contributed by atoms with E-state index in [9.17, 15) is 13.2 Å². The number of rotatable bonds is 8. The number of hydrogen-bond donors (Lipinski definition) is 1. The summed E-state index contributed by atoms with van der Waals surface area (Å²) in [5.41, 5.74) is 2.06. The molecule has 1 saturated heterocycles. The fourth-order valence-electron chi connectivity index (χ4n) is 4.10. The highest BCUT2D eigenvalue weighted by Crippen LogP contribution is 2.31. The number of nitrogens with zero attached hydrogens (tertiary/aromatic N) is 3. The second-order valence-corrected chi connectivity index (χ2v) is 10.0. The van der Waals surface area contributed by atoms with Gasteiger partial charge < -0.3 is 19.7 Å². The van der Waals surface area contributed by atoms with Gasteiger partial charge in [0.1, 0.15) is 11.4 Å². The van der Waals surface area contributed by atoms with Crippen LogP contribution in [0.5, 0.6) is 5.75 Å². The van der Waals surface area contributed by atoms with Crippen molar-refractivity contribution in [1.29, 1.82) is 0 Å². The molecule has 2 aromatic carbocycles. The first-order valence-electron chi connectivity index (χ1n) is 11.6. The molecule has 0 radical (unpaired) electrons. The third kappa shape index (κ3) is 5.24. The number of hydrogen-bond acceptors (Lipinski definition) is 7. The molecule has 1 aliphatic rings. The molecule has 0 bridgehead atoms. The Morgan fingerprint density at radius 2 is 1.83 bits per heavy atom. The highest BCUT2D eigenvalue weighted by molar-refractivity contribution is 7.89. The zero-order chi connectivity index (χ0) is 25.0. The van der Waals surface area contributed by atoms with Crippen molar-refractivity contribution >= 4 is 38.2 Å². The molecule has 4 rings (SSSR count). The van der Waals surface area contributed by atoms with Crippen molar-refractivity contribution in [2.75, 3.05) is 56.7 Å². The maximum atomic E-state index is 13.2. The van der Waals surface area contributed by atoms with Crippen LogP contribution < -0.4 is 15.0 Å². The Morgan fingerprint density at radius 1 is 1.09 bits per heavy atom. The van der Waals surface area contributed by atoms with Crippen molar-refractivity contribution in [2.45, 2.75) is 18.7 Å². The molecular formula is C25H30N4O5S. The van der Waals surface area contributed by atoms with Crippen molar-refractivity contribution in [2.24, 2.45) is 0 Å². The summed E-state index contributed by atoms with van der Waals surface area (Å²) >= 11 is 0. The summed E-state index contributed by atoms with van der Waals surface area (Å²) in [6, 6.07) is 13.8. The van der Waals surface area contributed by atoms with Gasteiger partial charge in [-0.15, -0.1) is 0 Å². The van der Waals surface area contributed by atoms with Gasteiger partial charge in [0.25, 0.3) is 5.91 Å². The van der Waals surface area contributed by atoms with Crippen LogP contribution in [-0.4, -0.2) is 70.1 Å². The molecule has 0 aliphatic carbocycles. The van der Waals surface area contributed by atoms with Gasteiger partial charge in [-0.05, 0) is 56.3 Å². The average molecular weight is 499 g/mol. The molecule has 0 spiro atoms. The van der Waals surface area contributed by atoms with Crippen LogP contribution in [0.2, 0.25) is 0 Å². The summed E-state index contributed by atoms with van der Waals surface area (Å²) in [4.78, 5) is 19.9. The highest BCUT2D eigenvalue weighted by Gasteiger charge is 2.27. The smallest absolute Gasteiger partial charge is 0.274 e. The minimum atomic E-state index is -3.72. The lowest BCUT2D eigenvalue weighted by molar-refractivity contribution is 0.0730. The van der Waals surface area contributed by atoms with Gasteiger partial charge in [0.15, 0.2) is 0 Å². The fourth-order valence-corrected chi connectivity index (χ4v) is 5.53. The Labute approximate surface area is 205 Å². The van der Waals surface area contributed by atoms with E-state index in [0.717, 1.165) is 11.1 Å². The second-order valence-electron chi connectivity index (χ2n) is 8.08. The number of amides is 1. The number of morpholine rings is 1. The van der Waals surface area contributed by atoms with Crippen LogP contribution in [0.15, 0.2) is 53.4 Å². The molecule has 10 heteroatoms. The van der Waals surface area contributed by atoms with Gasteiger partial charge in [-0.2, -0.15) is 4.31 Å². The molecule has 0 unspecified atom stereocenters. The standard InChI is InChI=1S/C25H30N4O5S/c1-4-28(5-2)24-11-8-20(35(31,32)29-12-14-34-15-13-29)17-23(24)27-25(30)22-9-6-18-16-19(33-3)7-10-21(18)26-22/h6-11,16-17H,4-5,12-15H2,1-3H3,(H,27,30). The predicted molar refractivity (Wildman–Crippen MR) is 136 cm³/mol. The van der Waals surface area contributed by atoms with E-state index in [2.05, 4.69) is 15.2 Å². The van der Waals surface area contributed by atoms with Gasteiger partial charge in [0.05, 0.1) is 42.1 Å². The number of carbonyl (C=O) groups excluding carboxylic acids is 1. The molecule has 1 fully saturated rings. The Bertz CT molecular complexity index is 1320. The van der Waals surface area contributed by atoms with Crippen molar-refractivity contribution < 1.29 is 22.7 Å². The number of fused-ring (bicyclic) bond motifs is 1. The van der Waals surface area contributed by atoms with E-state index >= 15 is 0 Å². The highest BCUT2D eigenvalue weighted by atomic mass is 32.2. The monoisotopic (exact) mass is 498 g/mol. The molecule has 1 aliphatic heterocycles. The van der Waals surface area contributed by atoms with Crippen LogP contribution in [0, 0.1) is 0 Å². The summed E-state index contributed by atoms with van der Waals surface area (Å²) in [5, 5.41) is 3.75. The number of nitrogens with one attached hydrogen (secondary N) is 1. The third-order valence-electron chi connectivity index (χ3n) is 6.06. The summed E-state index contributed by atoms with van der Waals surface area (Å²) < 4.78 is 38.4. The molecule has 1 N–H and O–H groups in total. The first-order chi connectivity index (χ1) is 16.9. The van der Waals surface area contributed by atoms with Gasteiger partial charge >= 0.3 is 0 Å². The van der Waals surface area contributed by atoms with Crippen molar-refractivity contribution in [3.8, 4) is 5.75 Å². The van der Waals surface area contributed by atoms with Crippen LogP contribution in [0.4, 0.5) is 11.4 Å². The number of methoxy groups -OCH3 is 1. The second kappa shape index (κ2) is 10.6. The largest absolute Gasteiger partial charge is 0.497 e. The molecule has 3 aromatic rings. The molecule has 186 valence electrons. The maximum Gasteiger partial charge on any atom is 0.274 e. The van der Waals surface area contributed by atoms with Crippen LogP contribution in [0.1, 0.15) is 24.3 Å². The third-order valence-corrected chi connectivity index (χ3v) is 7.95.